The lowest BCUT2D eigenvalue weighted by molar-refractivity contribution is -0.387. The molecular weight excluding hydrogens is 414 g/mol. The van der Waals surface area contributed by atoms with E-state index in [4.69, 9.17) is 4.18 Å². The first kappa shape index (κ1) is 19.1. The smallest absolute Gasteiger partial charge is 0.346 e. The fourth-order valence-corrected chi connectivity index (χ4v) is 3.67. The van der Waals surface area contributed by atoms with Gasteiger partial charge in [0.1, 0.15) is 0 Å². The molecule has 25 heavy (non-hydrogen) atoms. The molecule has 2 rings (SSSR count). The topological polar surface area (TPSA) is 104 Å². The van der Waals surface area contributed by atoms with Crippen LogP contribution in [0, 0.1) is 24.0 Å². The maximum absolute atomic E-state index is 12.6. The van der Waals surface area contributed by atoms with Crippen LogP contribution >= 0.6 is 15.9 Å². The van der Waals surface area contributed by atoms with E-state index in [1.807, 2.05) is 0 Å². The second kappa shape index (κ2) is 6.93. The summed E-state index contributed by atoms with van der Waals surface area (Å²) in [5, 5.41) is 11.2. The molecule has 0 aliphatic rings. The molecule has 0 fully saturated rings. The Kier molecular flexibility index (Phi) is 5.28. The number of nitrogens with zero attached hydrogens (tertiary/aromatic N) is 1. The standard InChI is InChI=1S/C16H14BrNO6S/c1-9-6-14(18(20)21)16(7-10(9)2)25(22,23)24-15-5-4-12(17)8-13(15)11(3)19/h4-8H,1-3H3. The number of hydrogen-bond donors (Lipinski definition) is 0. The molecule has 2 aromatic carbocycles. The normalized spacial score (nSPS) is 11.2. The molecule has 7 nitrogen and oxygen atoms in total. The van der Waals surface area contributed by atoms with E-state index < -0.39 is 31.4 Å². The summed E-state index contributed by atoms with van der Waals surface area (Å²) in [6.07, 6.45) is 0. The van der Waals surface area contributed by atoms with Crippen LogP contribution in [0.25, 0.3) is 0 Å². The van der Waals surface area contributed by atoms with Crippen LogP contribution in [-0.2, 0) is 10.1 Å². The van der Waals surface area contributed by atoms with Gasteiger partial charge in [-0.15, -0.1) is 0 Å². The number of nitro groups is 1. The molecule has 0 aliphatic heterocycles. The summed E-state index contributed by atoms with van der Waals surface area (Å²) in [6, 6.07) is 6.60. The molecular formula is C16H14BrNO6S. The monoisotopic (exact) mass is 427 g/mol. The van der Waals surface area contributed by atoms with Gasteiger partial charge in [0.2, 0.25) is 0 Å². The molecule has 0 amide bonds. The van der Waals surface area contributed by atoms with Crippen molar-refractivity contribution in [2.75, 3.05) is 0 Å². The quantitative estimate of drug-likeness (QED) is 0.309. The van der Waals surface area contributed by atoms with E-state index in [1.54, 1.807) is 13.8 Å². The molecule has 0 aromatic heterocycles. The van der Waals surface area contributed by atoms with Crippen molar-refractivity contribution in [3.05, 3.63) is 61.6 Å². The number of halogens is 1. The van der Waals surface area contributed by atoms with Crippen molar-refractivity contribution in [2.45, 2.75) is 25.7 Å². The zero-order valence-electron chi connectivity index (χ0n) is 13.6. The van der Waals surface area contributed by atoms with Crippen LogP contribution in [0.5, 0.6) is 5.75 Å². The van der Waals surface area contributed by atoms with Gasteiger partial charge in [-0.1, -0.05) is 15.9 Å². The summed E-state index contributed by atoms with van der Waals surface area (Å²) < 4.78 is 30.8. The van der Waals surface area contributed by atoms with Gasteiger partial charge in [-0.25, -0.2) is 0 Å². The van der Waals surface area contributed by atoms with E-state index in [0.717, 1.165) is 0 Å². The van der Waals surface area contributed by atoms with Gasteiger partial charge in [-0.3, -0.25) is 14.9 Å². The summed E-state index contributed by atoms with van der Waals surface area (Å²) in [5.41, 5.74) is 0.614. The number of benzene rings is 2. The van der Waals surface area contributed by atoms with E-state index in [2.05, 4.69) is 15.9 Å². The fourth-order valence-electron chi connectivity index (χ4n) is 2.13. The van der Waals surface area contributed by atoms with E-state index in [0.29, 0.717) is 15.6 Å². The minimum Gasteiger partial charge on any atom is -0.378 e. The van der Waals surface area contributed by atoms with Crippen LogP contribution < -0.4 is 4.18 Å². The predicted octanol–water partition coefficient (Wildman–Crippen LogP) is 3.94. The Labute approximate surface area is 153 Å². The zero-order chi connectivity index (χ0) is 18.9. The minimum absolute atomic E-state index is 0.0458. The van der Waals surface area contributed by atoms with E-state index in [-0.39, 0.29) is 11.3 Å². The Morgan fingerprint density at radius 1 is 1.16 bits per heavy atom. The largest absolute Gasteiger partial charge is 0.378 e. The van der Waals surface area contributed by atoms with Crippen molar-refractivity contribution in [1.29, 1.82) is 0 Å². The lowest BCUT2D eigenvalue weighted by Gasteiger charge is -2.12. The van der Waals surface area contributed by atoms with E-state index in [9.17, 15) is 23.3 Å². The van der Waals surface area contributed by atoms with Gasteiger partial charge in [0.15, 0.2) is 16.4 Å². The van der Waals surface area contributed by atoms with Crippen molar-refractivity contribution in [3.8, 4) is 5.75 Å². The van der Waals surface area contributed by atoms with Crippen LogP contribution in [-0.4, -0.2) is 19.1 Å². The lowest BCUT2D eigenvalue weighted by Crippen LogP contribution is -2.14. The summed E-state index contributed by atoms with van der Waals surface area (Å²) in [5.74, 6) is -0.593. The van der Waals surface area contributed by atoms with Crippen LogP contribution in [0.1, 0.15) is 28.4 Å². The first-order chi connectivity index (χ1) is 11.5. The lowest BCUT2D eigenvalue weighted by atomic mass is 10.1. The highest BCUT2D eigenvalue weighted by atomic mass is 79.9. The molecule has 0 saturated heterocycles. The molecule has 2 aromatic rings. The molecule has 0 spiro atoms. The van der Waals surface area contributed by atoms with E-state index in [1.165, 1.54) is 37.3 Å². The average Bonchev–Trinajstić information content (AvgIpc) is 2.50. The van der Waals surface area contributed by atoms with Gasteiger partial charge in [0, 0.05) is 10.5 Å². The maximum Gasteiger partial charge on any atom is 0.346 e. The second-order valence-electron chi connectivity index (χ2n) is 5.40. The van der Waals surface area contributed by atoms with Crippen molar-refractivity contribution in [2.24, 2.45) is 0 Å². The van der Waals surface area contributed by atoms with Gasteiger partial charge in [0.25, 0.3) is 5.69 Å². The SMILES string of the molecule is CC(=O)c1cc(Br)ccc1OS(=O)(=O)c1cc(C)c(C)cc1[N+](=O)[O-]. The van der Waals surface area contributed by atoms with E-state index >= 15 is 0 Å². The van der Waals surface area contributed by atoms with Crippen molar-refractivity contribution < 1.29 is 22.3 Å². The minimum atomic E-state index is -4.51. The Bertz CT molecular complexity index is 984. The number of carbonyl (C=O) groups is 1. The average molecular weight is 428 g/mol. The van der Waals surface area contributed by atoms with Gasteiger partial charge < -0.3 is 4.18 Å². The number of carbonyl (C=O) groups excluding carboxylic acids is 1. The highest BCUT2D eigenvalue weighted by Gasteiger charge is 2.29. The number of Topliss-reactive ketones (excluding diaryl/α,β-unsaturated/α-hetero) is 1. The Morgan fingerprint density at radius 2 is 1.76 bits per heavy atom. The maximum atomic E-state index is 12.6. The molecule has 0 aliphatic carbocycles. The van der Waals surface area contributed by atoms with Crippen LogP contribution in [0.15, 0.2) is 39.7 Å². The van der Waals surface area contributed by atoms with Gasteiger partial charge in [-0.05, 0) is 56.2 Å². The number of aryl methyl sites for hydroxylation is 2. The Hall–Kier alpha value is -2.26. The molecule has 0 atom stereocenters. The van der Waals surface area contributed by atoms with Crippen LogP contribution in [0.4, 0.5) is 5.69 Å². The fraction of sp³-hybridized carbons (Fsp3) is 0.188. The van der Waals surface area contributed by atoms with Gasteiger partial charge in [-0.2, -0.15) is 8.42 Å². The highest BCUT2D eigenvalue weighted by molar-refractivity contribution is 9.10. The molecule has 0 N–H and O–H groups in total. The summed E-state index contributed by atoms with van der Waals surface area (Å²) >= 11 is 3.19. The van der Waals surface area contributed by atoms with Crippen LogP contribution in [0.3, 0.4) is 0 Å². The molecule has 0 radical (unpaired) electrons. The molecule has 0 saturated carbocycles. The second-order valence-corrected chi connectivity index (χ2v) is 7.83. The highest BCUT2D eigenvalue weighted by Crippen LogP contribution is 2.32. The number of hydrogen-bond acceptors (Lipinski definition) is 6. The third kappa shape index (κ3) is 4.05. The molecule has 132 valence electrons. The molecule has 0 bridgehead atoms. The number of rotatable bonds is 5. The first-order valence-corrected chi connectivity index (χ1v) is 9.23. The van der Waals surface area contributed by atoms with Crippen molar-refractivity contribution in [1.82, 2.24) is 0 Å². The number of ketones is 1. The summed E-state index contributed by atoms with van der Waals surface area (Å²) in [4.78, 5) is 21.6. The molecule has 0 unspecified atom stereocenters. The third-order valence-electron chi connectivity index (χ3n) is 3.56. The first-order valence-electron chi connectivity index (χ1n) is 7.03. The van der Waals surface area contributed by atoms with Crippen molar-refractivity contribution in [3.63, 3.8) is 0 Å². The summed E-state index contributed by atoms with van der Waals surface area (Å²) in [7, 11) is -4.51. The Balaban J connectivity index is 2.60. The zero-order valence-corrected chi connectivity index (χ0v) is 16.0. The summed E-state index contributed by atoms with van der Waals surface area (Å²) in [6.45, 7) is 4.54. The Morgan fingerprint density at radius 3 is 2.32 bits per heavy atom. The van der Waals surface area contributed by atoms with Gasteiger partial charge in [0.05, 0.1) is 10.5 Å². The predicted molar refractivity (Wildman–Crippen MR) is 94.5 cm³/mol. The van der Waals surface area contributed by atoms with Crippen molar-refractivity contribution >= 4 is 37.5 Å². The third-order valence-corrected chi connectivity index (χ3v) is 5.32. The number of nitro benzene ring substituents is 1. The molecule has 0 heterocycles. The van der Waals surface area contributed by atoms with Crippen LogP contribution in [0.2, 0.25) is 0 Å². The van der Waals surface area contributed by atoms with Gasteiger partial charge >= 0.3 is 10.1 Å². The molecule has 9 heteroatoms.